The van der Waals surface area contributed by atoms with Crippen LogP contribution in [0.2, 0.25) is 0 Å². The maximum Gasteiger partial charge on any atom is 0.0615 e. The summed E-state index contributed by atoms with van der Waals surface area (Å²) in [6.07, 6.45) is 6.65. The minimum absolute atomic E-state index is 0.458. The molecule has 0 aromatic carbocycles. The zero-order chi connectivity index (χ0) is 11.8. The molecule has 0 bridgehead atoms. The van der Waals surface area contributed by atoms with Gasteiger partial charge < -0.3 is 14.6 Å². The minimum atomic E-state index is 0.458. The molecule has 1 unspecified atom stereocenters. The van der Waals surface area contributed by atoms with Crippen LogP contribution in [0.25, 0.3) is 0 Å². The molecule has 1 rings (SSSR count). The van der Waals surface area contributed by atoms with E-state index in [2.05, 4.69) is 42.2 Å². The molecule has 0 aliphatic carbocycles. The van der Waals surface area contributed by atoms with Crippen LogP contribution in [0.4, 0.5) is 0 Å². The summed E-state index contributed by atoms with van der Waals surface area (Å²) < 4.78 is 7.40. The van der Waals surface area contributed by atoms with Crippen LogP contribution >= 0.6 is 0 Å². The number of methoxy groups -OCH3 is 1. The summed E-state index contributed by atoms with van der Waals surface area (Å²) >= 11 is 0. The summed E-state index contributed by atoms with van der Waals surface area (Å²) in [6.45, 7) is 7.20. The van der Waals surface area contributed by atoms with E-state index in [4.69, 9.17) is 4.74 Å². The lowest BCUT2D eigenvalue weighted by molar-refractivity contribution is 0.164. The Morgan fingerprint density at radius 1 is 1.44 bits per heavy atom. The van der Waals surface area contributed by atoms with Gasteiger partial charge in [-0.15, -0.1) is 0 Å². The lowest BCUT2D eigenvalue weighted by Gasteiger charge is -2.15. The fraction of sp³-hybridized carbons (Fsp3) is 0.692. The van der Waals surface area contributed by atoms with Crippen molar-refractivity contribution in [2.75, 3.05) is 13.7 Å². The van der Waals surface area contributed by atoms with E-state index in [0.29, 0.717) is 6.04 Å². The van der Waals surface area contributed by atoms with Crippen LogP contribution in [-0.2, 0) is 17.8 Å². The van der Waals surface area contributed by atoms with E-state index < -0.39 is 0 Å². The second kappa shape index (κ2) is 7.47. The first-order chi connectivity index (χ1) is 7.80. The zero-order valence-electron chi connectivity index (χ0n) is 10.7. The summed E-state index contributed by atoms with van der Waals surface area (Å²) in [7, 11) is 1.75. The first kappa shape index (κ1) is 13.3. The van der Waals surface area contributed by atoms with E-state index in [9.17, 15) is 0 Å². The predicted octanol–water partition coefficient (Wildman–Crippen LogP) is 2.41. The molecule has 1 heterocycles. The maximum atomic E-state index is 5.16. The van der Waals surface area contributed by atoms with E-state index >= 15 is 0 Å². The SMILES string of the molecule is CCCn1ccc(CNC(CC)COC)c1. The summed E-state index contributed by atoms with van der Waals surface area (Å²) in [5.74, 6) is 0. The average molecular weight is 224 g/mol. The molecule has 0 spiro atoms. The quantitative estimate of drug-likeness (QED) is 0.734. The fourth-order valence-electron chi connectivity index (χ4n) is 1.78. The molecule has 1 N–H and O–H groups in total. The van der Waals surface area contributed by atoms with Crippen molar-refractivity contribution in [1.82, 2.24) is 9.88 Å². The normalized spacial score (nSPS) is 12.9. The molecule has 3 heteroatoms. The molecular formula is C13H24N2O. The van der Waals surface area contributed by atoms with Gasteiger partial charge in [0.25, 0.3) is 0 Å². The predicted molar refractivity (Wildman–Crippen MR) is 67.5 cm³/mol. The van der Waals surface area contributed by atoms with Gasteiger partial charge in [0.1, 0.15) is 0 Å². The van der Waals surface area contributed by atoms with Crippen molar-refractivity contribution < 1.29 is 4.74 Å². The van der Waals surface area contributed by atoms with Crippen molar-refractivity contribution in [3.8, 4) is 0 Å². The van der Waals surface area contributed by atoms with Crippen molar-refractivity contribution in [2.24, 2.45) is 0 Å². The molecule has 0 saturated heterocycles. The Morgan fingerprint density at radius 2 is 2.25 bits per heavy atom. The second-order valence-electron chi connectivity index (χ2n) is 4.20. The molecule has 0 aliphatic heterocycles. The Bertz CT molecular complexity index is 283. The Balaban J connectivity index is 2.34. The topological polar surface area (TPSA) is 26.2 Å². The smallest absolute Gasteiger partial charge is 0.0615 e. The van der Waals surface area contributed by atoms with Gasteiger partial charge in [0, 0.05) is 38.6 Å². The van der Waals surface area contributed by atoms with Crippen LogP contribution in [-0.4, -0.2) is 24.3 Å². The Labute approximate surface area is 98.8 Å². The van der Waals surface area contributed by atoms with E-state index in [1.807, 2.05) is 0 Å². The minimum Gasteiger partial charge on any atom is -0.383 e. The number of rotatable bonds is 8. The summed E-state index contributed by atoms with van der Waals surface area (Å²) in [4.78, 5) is 0. The van der Waals surface area contributed by atoms with Crippen molar-refractivity contribution in [3.05, 3.63) is 24.0 Å². The first-order valence-electron chi connectivity index (χ1n) is 6.17. The van der Waals surface area contributed by atoms with Gasteiger partial charge in [-0.3, -0.25) is 0 Å². The molecule has 3 nitrogen and oxygen atoms in total. The van der Waals surface area contributed by atoms with Gasteiger partial charge in [-0.05, 0) is 24.5 Å². The third kappa shape index (κ3) is 4.37. The molecule has 1 atom stereocenters. The molecule has 92 valence electrons. The van der Waals surface area contributed by atoms with E-state index in [1.54, 1.807) is 7.11 Å². The number of aromatic nitrogens is 1. The monoisotopic (exact) mass is 224 g/mol. The third-order valence-electron chi connectivity index (χ3n) is 2.75. The number of aryl methyl sites for hydroxylation is 1. The van der Waals surface area contributed by atoms with Gasteiger partial charge in [0.15, 0.2) is 0 Å². The number of nitrogens with one attached hydrogen (secondary N) is 1. The maximum absolute atomic E-state index is 5.16. The number of nitrogens with zero attached hydrogens (tertiary/aromatic N) is 1. The second-order valence-corrected chi connectivity index (χ2v) is 4.20. The largest absolute Gasteiger partial charge is 0.383 e. The molecule has 0 radical (unpaired) electrons. The number of hydrogen-bond donors (Lipinski definition) is 1. The van der Waals surface area contributed by atoms with Crippen LogP contribution in [0.5, 0.6) is 0 Å². The number of ether oxygens (including phenoxy) is 1. The van der Waals surface area contributed by atoms with Gasteiger partial charge in [-0.25, -0.2) is 0 Å². The van der Waals surface area contributed by atoms with Crippen molar-refractivity contribution in [3.63, 3.8) is 0 Å². The van der Waals surface area contributed by atoms with Gasteiger partial charge in [-0.1, -0.05) is 13.8 Å². The molecular weight excluding hydrogens is 200 g/mol. The van der Waals surface area contributed by atoms with Crippen LogP contribution in [0.15, 0.2) is 18.5 Å². The van der Waals surface area contributed by atoms with Crippen molar-refractivity contribution in [2.45, 2.75) is 45.8 Å². The van der Waals surface area contributed by atoms with Crippen LogP contribution < -0.4 is 5.32 Å². The van der Waals surface area contributed by atoms with Gasteiger partial charge in [0.05, 0.1) is 6.61 Å². The van der Waals surface area contributed by atoms with Gasteiger partial charge >= 0.3 is 0 Å². The van der Waals surface area contributed by atoms with Gasteiger partial charge in [0.2, 0.25) is 0 Å². The van der Waals surface area contributed by atoms with E-state index in [0.717, 1.165) is 26.1 Å². The third-order valence-corrected chi connectivity index (χ3v) is 2.75. The molecule has 0 fully saturated rings. The molecule has 1 aromatic heterocycles. The molecule has 1 aromatic rings. The van der Waals surface area contributed by atoms with Crippen molar-refractivity contribution in [1.29, 1.82) is 0 Å². The number of hydrogen-bond acceptors (Lipinski definition) is 2. The Kier molecular flexibility index (Phi) is 6.19. The fourth-order valence-corrected chi connectivity index (χ4v) is 1.78. The van der Waals surface area contributed by atoms with E-state index in [-0.39, 0.29) is 0 Å². The van der Waals surface area contributed by atoms with Crippen LogP contribution in [0.1, 0.15) is 32.3 Å². The Morgan fingerprint density at radius 3 is 2.88 bits per heavy atom. The average Bonchev–Trinajstić information content (AvgIpc) is 2.72. The molecule has 0 aliphatic rings. The lowest BCUT2D eigenvalue weighted by Crippen LogP contribution is -2.31. The Hall–Kier alpha value is -0.800. The van der Waals surface area contributed by atoms with E-state index in [1.165, 1.54) is 12.0 Å². The highest BCUT2D eigenvalue weighted by molar-refractivity contribution is 5.10. The van der Waals surface area contributed by atoms with Gasteiger partial charge in [-0.2, -0.15) is 0 Å². The molecule has 0 amide bonds. The summed E-state index contributed by atoms with van der Waals surface area (Å²) in [6, 6.07) is 2.64. The highest BCUT2D eigenvalue weighted by Gasteiger charge is 2.05. The standard InChI is InChI=1S/C13H24N2O/c1-4-7-15-8-6-12(10-15)9-14-13(5-2)11-16-3/h6,8,10,13-14H,4-5,7,9,11H2,1-3H3. The molecule has 16 heavy (non-hydrogen) atoms. The summed E-state index contributed by atoms with van der Waals surface area (Å²) in [5, 5.41) is 3.50. The zero-order valence-corrected chi connectivity index (χ0v) is 10.7. The first-order valence-corrected chi connectivity index (χ1v) is 6.17. The highest BCUT2D eigenvalue weighted by Crippen LogP contribution is 2.03. The highest BCUT2D eigenvalue weighted by atomic mass is 16.5. The summed E-state index contributed by atoms with van der Waals surface area (Å²) in [5.41, 5.74) is 1.35. The van der Waals surface area contributed by atoms with Crippen molar-refractivity contribution >= 4 is 0 Å². The molecule has 0 saturated carbocycles. The van der Waals surface area contributed by atoms with Crippen LogP contribution in [0, 0.1) is 0 Å². The lowest BCUT2D eigenvalue weighted by atomic mass is 10.2. The van der Waals surface area contributed by atoms with Crippen LogP contribution in [0.3, 0.4) is 0 Å².